The maximum absolute atomic E-state index is 9.22. The zero-order chi connectivity index (χ0) is 7.40. The Bertz CT molecular complexity index is 85.6. The second-order valence-corrected chi connectivity index (χ2v) is 3.90. The number of hydrogen-bond acceptors (Lipinski definition) is 3. The molecule has 2 unspecified atom stereocenters. The molecule has 0 radical (unpaired) electrons. The second-order valence-electron chi connectivity index (χ2n) is 2.68. The van der Waals surface area contributed by atoms with Crippen molar-refractivity contribution in [2.45, 2.75) is 31.5 Å². The predicted octanol–water partition coefficient (Wildman–Crippen LogP) is 0.625. The van der Waals surface area contributed by atoms with Crippen LogP contribution in [0, 0.1) is 0 Å². The number of rotatable bonds is 0. The lowest BCUT2D eigenvalue weighted by molar-refractivity contribution is 0.0125. The summed E-state index contributed by atoms with van der Waals surface area (Å²) in [4.78, 5) is 0. The Morgan fingerprint density at radius 3 is 2.50 bits per heavy atom. The van der Waals surface area contributed by atoms with Crippen molar-refractivity contribution in [2.24, 2.45) is 0 Å². The van der Waals surface area contributed by atoms with Gasteiger partial charge in [-0.2, -0.15) is 11.8 Å². The normalized spacial score (nSPS) is 36.6. The molecule has 0 spiro atoms. The standard InChI is InChI=1S/C7H14O2S/c8-6-2-1-4-10-5-3-7(6)9/h6-9H,1-5H2. The fraction of sp³-hybridized carbons (Fsp3) is 1.00. The molecule has 0 aromatic heterocycles. The summed E-state index contributed by atoms with van der Waals surface area (Å²) in [5.41, 5.74) is 0. The Labute approximate surface area is 65.6 Å². The van der Waals surface area contributed by atoms with Crippen molar-refractivity contribution in [2.75, 3.05) is 11.5 Å². The quantitative estimate of drug-likeness (QED) is 0.549. The van der Waals surface area contributed by atoms with Gasteiger partial charge in [-0.15, -0.1) is 0 Å². The fourth-order valence-electron chi connectivity index (χ4n) is 1.09. The Balaban J connectivity index is 2.28. The molecule has 0 saturated carbocycles. The van der Waals surface area contributed by atoms with E-state index in [-0.39, 0.29) is 0 Å². The summed E-state index contributed by atoms with van der Waals surface area (Å²) in [6.45, 7) is 0. The van der Waals surface area contributed by atoms with Crippen molar-refractivity contribution in [3.8, 4) is 0 Å². The summed E-state index contributed by atoms with van der Waals surface area (Å²) in [5.74, 6) is 2.11. The van der Waals surface area contributed by atoms with E-state index < -0.39 is 12.2 Å². The van der Waals surface area contributed by atoms with Crippen LogP contribution in [0.2, 0.25) is 0 Å². The molecule has 1 rings (SSSR count). The summed E-state index contributed by atoms with van der Waals surface area (Å²) in [6, 6.07) is 0. The van der Waals surface area contributed by atoms with Crippen LogP contribution in [-0.2, 0) is 0 Å². The molecule has 3 heteroatoms. The third kappa shape index (κ3) is 2.48. The van der Waals surface area contributed by atoms with Gasteiger partial charge in [0.15, 0.2) is 0 Å². The maximum atomic E-state index is 9.22. The van der Waals surface area contributed by atoms with Gasteiger partial charge >= 0.3 is 0 Å². The molecule has 0 aliphatic carbocycles. The lowest BCUT2D eigenvalue weighted by atomic mass is 10.1. The molecule has 2 atom stereocenters. The van der Waals surface area contributed by atoms with Gasteiger partial charge in [-0.05, 0) is 30.8 Å². The highest BCUT2D eigenvalue weighted by molar-refractivity contribution is 7.99. The average molecular weight is 162 g/mol. The smallest absolute Gasteiger partial charge is 0.0807 e. The third-order valence-corrected chi connectivity index (χ3v) is 2.89. The highest BCUT2D eigenvalue weighted by Crippen LogP contribution is 2.16. The Morgan fingerprint density at radius 1 is 1.00 bits per heavy atom. The fourth-order valence-corrected chi connectivity index (χ4v) is 2.07. The van der Waals surface area contributed by atoms with Gasteiger partial charge in [0.05, 0.1) is 12.2 Å². The first-order chi connectivity index (χ1) is 4.80. The van der Waals surface area contributed by atoms with E-state index in [2.05, 4.69) is 0 Å². The molecule has 2 N–H and O–H groups in total. The molecule has 1 saturated heterocycles. The van der Waals surface area contributed by atoms with Gasteiger partial charge in [0.1, 0.15) is 0 Å². The molecule has 1 aliphatic rings. The minimum Gasteiger partial charge on any atom is -0.390 e. The monoisotopic (exact) mass is 162 g/mol. The maximum Gasteiger partial charge on any atom is 0.0807 e. The summed E-state index contributed by atoms with van der Waals surface area (Å²) in [6.07, 6.45) is 1.58. The van der Waals surface area contributed by atoms with Crippen molar-refractivity contribution in [3.63, 3.8) is 0 Å². The highest BCUT2D eigenvalue weighted by atomic mass is 32.2. The Hall–Kier alpha value is 0.270. The molecule has 1 aliphatic heterocycles. The predicted molar refractivity (Wildman–Crippen MR) is 43.2 cm³/mol. The topological polar surface area (TPSA) is 40.5 Å². The van der Waals surface area contributed by atoms with Gasteiger partial charge in [-0.25, -0.2) is 0 Å². The van der Waals surface area contributed by atoms with Gasteiger partial charge in [-0.1, -0.05) is 0 Å². The zero-order valence-electron chi connectivity index (χ0n) is 5.99. The molecule has 2 nitrogen and oxygen atoms in total. The molecule has 1 fully saturated rings. The largest absolute Gasteiger partial charge is 0.390 e. The first-order valence-electron chi connectivity index (χ1n) is 3.74. The van der Waals surface area contributed by atoms with Crippen molar-refractivity contribution in [1.82, 2.24) is 0 Å². The van der Waals surface area contributed by atoms with Crippen LogP contribution in [0.4, 0.5) is 0 Å². The van der Waals surface area contributed by atoms with Gasteiger partial charge in [0.2, 0.25) is 0 Å². The van der Waals surface area contributed by atoms with E-state index in [4.69, 9.17) is 0 Å². The van der Waals surface area contributed by atoms with E-state index in [1.54, 1.807) is 0 Å². The second kappa shape index (κ2) is 4.21. The molecule has 0 aromatic carbocycles. The zero-order valence-corrected chi connectivity index (χ0v) is 6.81. The van der Waals surface area contributed by atoms with Crippen LogP contribution < -0.4 is 0 Å². The van der Waals surface area contributed by atoms with E-state index in [0.29, 0.717) is 0 Å². The third-order valence-electron chi connectivity index (χ3n) is 1.79. The lowest BCUT2D eigenvalue weighted by Gasteiger charge is -2.19. The van der Waals surface area contributed by atoms with E-state index in [0.717, 1.165) is 30.8 Å². The Morgan fingerprint density at radius 2 is 1.70 bits per heavy atom. The number of aliphatic hydroxyl groups is 2. The summed E-state index contributed by atoms with van der Waals surface area (Å²) in [5, 5.41) is 18.4. The molecular formula is C7H14O2S. The van der Waals surface area contributed by atoms with Crippen LogP contribution in [0.3, 0.4) is 0 Å². The van der Waals surface area contributed by atoms with E-state index in [9.17, 15) is 10.2 Å². The minimum atomic E-state index is -0.479. The van der Waals surface area contributed by atoms with Crippen LogP contribution in [0.1, 0.15) is 19.3 Å². The Kier molecular flexibility index (Phi) is 3.52. The van der Waals surface area contributed by atoms with Crippen LogP contribution in [0.15, 0.2) is 0 Å². The van der Waals surface area contributed by atoms with E-state index >= 15 is 0 Å². The average Bonchev–Trinajstić information content (AvgIpc) is 1.92. The van der Waals surface area contributed by atoms with Gasteiger partial charge in [0, 0.05) is 0 Å². The summed E-state index contributed by atoms with van der Waals surface area (Å²) >= 11 is 1.86. The van der Waals surface area contributed by atoms with E-state index in [1.807, 2.05) is 11.8 Å². The van der Waals surface area contributed by atoms with Gasteiger partial charge < -0.3 is 10.2 Å². The first kappa shape index (κ1) is 8.37. The number of thioether (sulfide) groups is 1. The van der Waals surface area contributed by atoms with Crippen molar-refractivity contribution >= 4 is 11.8 Å². The van der Waals surface area contributed by atoms with Crippen molar-refractivity contribution in [1.29, 1.82) is 0 Å². The molecule has 0 amide bonds. The molecule has 10 heavy (non-hydrogen) atoms. The number of hydrogen-bond donors (Lipinski definition) is 2. The van der Waals surface area contributed by atoms with Crippen LogP contribution in [0.5, 0.6) is 0 Å². The first-order valence-corrected chi connectivity index (χ1v) is 4.90. The highest BCUT2D eigenvalue weighted by Gasteiger charge is 2.17. The van der Waals surface area contributed by atoms with Crippen molar-refractivity contribution in [3.05, 3.63) is 0 Å². The molecule has 0 aromatic rings. The summed E-state index contributed by atoms with van der Waals surface area (Å²) < 4.78 is 0. The molecular weight excluding hydrogens is 148 g/mol. The van der Waals surface area contributed by atoms with Crippen LogP contribution >= 0.6 is 11.8 Å². The molecule has 1 heterocycles. The number of aliphatic hydroxyl groups excluding tert-OH is 2. The minimum absolute atomic E-state index is 0.471. The van der Waals surface area contributed by atoms with Crippen LogP contribution in [0.25, 0.3) is 0 Å². The molecule has 0 bridgehead atoms. The van der Waals surface area contributed by atoms with Gasteiger partial charge in [-0.3, -0.25) is 0 Å². The van der Waals surface area contributed by atoms with Crippen LogP contribution in [-0.4, -0.2) is 33.9 Å². The SMILES string of the molecule is OC1CCCSCCC1O. The van der Waals surface area contributed by atoms with E-state index in [1.165, 1.54) is 0 Å². The molecule has 60 valence electrons. The van der Waals surface area contributed by atoms with Gasteiger partial charge in [0.25, 0.3) is 0 Å². The summed E-state index contributed by atoms with van der Waals surface area (Å²) in [7, 11) is 0. The van der Waals surface area contributed by atoms with Crippen molar-refractivity contribution < 1.29 is 10.2 Å². The lowest BCUT2D eigenvalue weighted by Crippen LogP contribution is -2.27.